The number of rotatable bonds is 5. The minimum absolute atomic E-state index is 0.166. The topological polar surface area (TPSA) is 57.7 Å². The summed E-state index contributed by atoms with van der Waals surface area (Å²) in [5.41, 5.74) is 2.24. The number of nitrogens with zero attached hydrogens (tertiary/aromatic N) is 1. The second-order valence-corrected chi connectivity index (χ2v) is 7.17. The second-order valence-electron chi connectivity index (χ2n) is 7.17. The first-order chi connectivity index (χ1) is 13.0. The van der Waals surface area contributed by atoms with Crippen molar-refractivity contribution in [3.8, 4) is 11.5 Å². The molecule has 4 rings (SSSR count). The molecule has 1 aliphatic rings. The molecule has 0 aliphatic carbocycles. The van der Waals surface area contributed by atoms with Crippen LogP contribution in [0.3, 0.4) is 0 Å². The standard InChI is InChI=1S/C22H21NO4/c1-22(2)14-16-8-7-15(13-20(16)27-22)21(24)26-12-11-25-19-9-10-23-18-6-4-3-5-17(18)19/h3-10,13H,11-12,14H2,1-2H3. The maximum absolute atomic E-state index is 12.3. The maximum atomic E-state index is 12.3. The van der Waals surface area contributed by atoms with Gasteiger partial charge in [-0.3, -0.25) is 4.98 Å². The SMILES string of the molecule is CC1(C)Cc2ccc(C(=O)OCCOc3ccnc4ccccc34)cc2O1. The van der Waals surface area contributed by atoms with E-state index in [1.54, 1.807) is 18.3 Å². The van der Waals surface area contributed by atoms with Crippen molar-refractivity contribution < 1.29 is 19.0 Å². The molecule has 0 N–H and O–H groups in total. The molecular weight excluding hydrogens is 342 g/mol. The Morgan fingerprint density at radius 2 is 2.00 bits per heavy atom. The Morgan fingerprint density at radius 1 is 1.15 bits per heavy atom. The van der Waals surface area contributed by atoms with E-state index < -0.39 is 0 Å². The van der Waals surface area contributed by atoms with Crippen molar-refractivity contribution in [3.05, 3.63) is 65.9 Å². The average Bonchev–Trinajstić information content (AvgIpc) is 2.98. The van der Waals surface area contributed by atoms with E-state index in [9.17, 15) is 4.79 Å². The number of carbonyl (C=O) groups excluding carboxylic acids is 1. The third-order valence-electron chi connectivity index (χ3n) is 4.49. The zero-order valence-electron chi connectivity index (χ0n) is 15.4. The lowest BCUT2D eigenvalue weighted by Crippen LogP contribution is -2.24. The van der Waals surface area contributed by atoms with Crippen molar-refractivity contribution in [3.63, 3.8) is 0 Å². The summed E-state index contributed by atoms with van der Waals surface area (Å²) >= 11 is 0. The van der Waals surface area contributed by atoms with Crippen molar-refractivity contribution in [2.24, 2.45) is 0 Å². The first kappa shape index (κ1) is 17.3. The lowest BCUT2D eigenvalue weighted by atomic mass is 10.0. The second kappa shape index (κ2) is 6.91. The minimum Gasteiger partial charge on any atom is -0.489 e. The molecule has 0 amide bonds. The Balaban J connectivity index is 1.34. The van der Waals surface area contributed by atoms with Gasteiger partial charge in [0.05, 0.1) is 11.1 Å². The Bertz CT molecular complexity index is 991. The van der Waals surface area contributed by atoms with Crippen LogP contribution < -0.4 is 9.47 Å². The van der Waals surface area contributed by atoms with Crippen LogP contribution in [0.5, 0.6) is 11.5 Å². The highest BCUT2D eigenvalue weighted by Crippen LogP contribution is 2.35. The predicted molar refractivity (Wildman–Crippen MR) is 102 cm³/mol. The average molecular weight is 363 g/mol. The fraction of sp³-hybridized carbons (Fsp3) is 0.273. The number of hydrogen-bond donors (Lipinski definition) is 0. The molecule has 2 heterocycles. The first-order valence-electron chi connectivity index (χ1n) is 8.97. The molecule has 2 aromatic carbocycles. The predicted octanol–water partition coefficient (Wildman–Crippen LogP) is 4.18. The molecule has 138 valence electrons. The quantitative estimate of drug-likeness (QED) is 0.503. The van der Waals surface area contributed by atoms with Crippen molar-refractivity contribution >= 4 is 16.9 Å². The van der Waals surface area contributed by atoms with Gasteiger partial charge in [-0.2, -0.15) is 0 Å². The Kier molecular flexibility index (Phi) is 4.44. The van der Waals surface area contributed by atoms with E-state index in [-0.39, 0.29) is 24.8 Å². The molecule has 5 heteroatoms. The Labute approximate surface area is 157 Å². The van der Waals surface area contributed by atoms with Gasteiger partial charge in [-0.1, -0.05) is 18.2 Å². The highest BCUT2D eigenvalue weighted by atomic mass is 16.6. The van der Waals surface area contributed by atoms with E-state index in [1.807, 2.05) is 50.2 Å². The molecular formula is C22H21NO4. The molecule has 0 radical (unpaired) electrons. The third-order valence-corrected chi connectivity index (χ3v) is 4.49. The van der Waals surface area contributed by atoms with Gasteiger partial charge < -0.3 is 14.2 Å². The lowest BCUT2D eigenvalue weighted by Gasteiger charge is -2.16. The largest absolute Gasteiger partial charge is 0.489 e. The van der Waals surface area contributed by atoms with E-state index in [2.05, 4.69) is 4.98 Å². The number of hydrogen-bond acceptors (Lipinski definition) is 5. The highest BCUT2D eigenvalue weighted by Gasteiger charge is 2.30. The lowest BCUT2D eigenvalue weighted by molar-refractivity contribution is 0.0450. The number of esters is 1. The fourth-order valence-electron chi connectivity index (χ4n) is 3.28. The van der Waals surface area contributed by atoms with Crippen LogP contribution in [-0.4, -0.2) is 29.8 Å². The number of fused-ring (bicyclic) bond motifs is 2. The molecule has 0 saturated carbocycles. The number of benzene rings is 2. The summed E-state index contributed by atoms with van der Waals surface area (Å²) in [5, 5.41) is 0.935. The maximum Gasteiger partial charge on any atom is 0.338 e. The molecule has 0 unspecified atom stereocenters. The van der Waals surface area contributed by atoms with Gasteiger partial charge >= 0.3 is 5.97 Å². The number of pyridine rings is 1. The van der Waals surface area contributed by atoms with E-state index in [4.69, 9.17) is 14.2 Å². The summed E-state index contributed by atoms with van der Waals surface area (Å²) in [6, 6.07) is 15.0. The highest BCUT2D eigenvalue weighted by molar-refractivity contribution is 5.90. The van der Waals surface area contributed by atoms with E-state index >= 15 is 0 Å². The molecule has 0 spiro atoms. The summed E-state index contributed by atoms with van der Waals surface area (Å²) < 4.78 is 17.0. The fourth-order valence-corrected chi connectivity index (χ4v) is 3.28. The van der Waals surface area contributed by atoms with E-state index in [0.717, 1.165) is 34.4 Å². The number of carbonyl (C=O) groups is 1. The zero-order chi connectivity index (χ0) is 18.9. The molecule has 0 atom stereocenters. The van der Waals surface area contributed by atoms with Gasteiger partial charge in [-0.25, -0.2) is 4.79 Å². The first-order valence-corrected chi connectivity index (χ1v) is 8.97. The summed E-state index contributed by atoms with van der Waals surface area (Å²) in [4.78, 5) is 16.6. The van der Waals surface area contributed by atoms with Crippen molar-refractivity contribution in [2.45, 2.75) is 25.9 Å². The van der Waals surface area contributed by atoms with Gasteiger partial charge in [0.1, 0.15) is 30.3 Å². The minimum atomic E-state index is -0.380. The van der Waals surface area contributed by atoms with Crippen LogP contribution in [0.15, 0.2) is 54.7 Å². The van der Waals surface area contributed by atoms with Crippen LogP contribution >= 0.6 is 0 Å². The molecule has 0 fully saturated rings. The smallest absolute Gasteiger partial charge is 0.338 e. The Hall–Kier alpha value is -3.08. The summed E-state index contributed by atoms with van der Waals surface area (Å²) in [5.74, 6) is 1.10. The summed E-state index contributed by atoms with van der Waals surface area (Å²) in [6.45, 7) is 4.50. The molecule has 27 heavy (non-hydrogen) atoms. The van der Waals surface area contributed by atoms with Crippen LogP contribution in [0.25, 0.3) is 10.9 Å². The zero-order valence-corrected chi connectivity index (χ0v) is 15.4. The van der Waals surface area contributed by atoms with Crippen LogP contribution in [0.4, 0.5) is 0 Å². The molecule has 0 saturated heterocycles. The van der Waals surface area contributed by atoms with Gasteiger partial charge in [-0.05, 0) is 49.7 Å². The molecule has 3 aromatic rings. The molecule has 1 aromatic heterocycles. The van der Waals surface area contributed by atoms with Crippen molar-refractivity contribution in [2.75, 3.05) is 13.2 Å². The molecule has 0 bridgehead atoms. The van der Waals surface area contributed by atoms with Gasteiger partial charge in [0.25, 0.3) is 0 Å². The molecule has 1 aliphatic heterocycles. The third kappa shape index (κ3) is 3.72. The molecule has 5 nitrogen and oxygen atoms in total. The Morgan fingerprint density at radius 3 is 2.89 bits per heavy atom. The van der Waals surface area contributed by atoms with Gasteiger partial charge in [0.15, 0.2) is 0 Å². The van der Waals surface area contributed by atoms with Crippen LogP contribution in [0.1, 0.15) is 29.8 Å². The van der Waals surface area contributed by atoms with Gasteiger partial charge in [0, 0.05) is 18.0 Å². The van der Waals surface area contributed by atoms with E-state index in [1.165, 1.54) is 0 Å². The summed E-state index contributed by atoms with van der Waals surface area (Å²) in [6.07, 6.45) is 2.54. The van der Waals surface area contributed by atoms with Crippen molar-refractivity contribution in [1.82, 2.24) is 4.98 Å². The monoisotopic (exact) mass is 363 g/mol. The van der Waals surface area contributed by atoms with Gasteiger partial charge in [-0.15, -0.1) is 0 Å². The number of ether oxygens (including phenoxy) is 3. The van der Waals surface area contributed by atoms with Crippen LogP contribution in [-0.2, 0) is 11.2 Å². The number of aromatic nitrogens is 1. The summed E-state index contributed by atoms with van der Waals surface area (Å²) in [7, 11) is 0. The van der Waals surface area contributed by atoms with Crippen molar-refractivity contribution in [1.29, 1.82) is 0 Å². The van der Waals surface area contributed by atoms with Gasteiger partial charge in [0.2, 0.25) is 0 Å². The number of para-hydroxylation sites is 1. The normalized spacial score (nSPS) is 14.4. The van der Waals surface area contributed by atoms with Crippen LogP contribution in [0, 0.1) is 0 Å². The van der Waals surface area contributed by atoms with Crippen LogP contribution in [0.2, 0.25) is 0 Å². The van der Waals surface area contributed by atoms with E-state index in [0.29, 0.717) is 5.56 Å².